The Morgan fingerprint density at radius 1 is 0.943 bits per heavy atom. The minimum atomic E-state index is -4.31. The fraction of sp³-hybridized carbons (Fsp3) is 0.462. The van der Waals surface area contributed by atoms with Gasteiger partial charge < -0.3 is 9.26 Å². The average molecular weight is 490 g/mol. The van der Waals surface area contributed by atoms with E-state index >= 15 is 0 Å². The predicted molar refractivity (Wildman–Crippen MR) is 120 cm³/mol. The van der Waals surface area contributed by atoms with Crippen LogP contribution in [0, 0.1) is 5.82 Å². The number of hydrogen-bond acceptors (Lipinski definition) is 5. The van der Waals surface area contributed by atoms with E-state index in [2.05, 4.69) is 10.1 Å². The molecule has 5 nitrogen and oxygen atoms in total. The number of hydrogen-bond donors (Lipinski definition) is 0. The van der Waals surface area contributed by atoms with Crippen molar-refractivity contribution in [2.24, 2.45) is 0 Å². The molecule has 0 radical (unpaired) electrons. The van der Waals surface area contributed by atoms with Crippen molar-refractivity contribution < 1.29 is 26.8 Å². The molecule has 186 valence electrons. The van der Waals surface area contributed by atoms with E-state index in [0.717, 1.165) is 49.2 Å². The van der Waals surface area contributed by atoms with Gasteiger partial charge in [0, 0.05) is 13.2 Å². The SMILES string of the molecule is Fc1ccc(C2(c3noc(CN4CCC(c5ccc(C(F)(F)F)cc5)CC4)n3)CCOCC2)cc1. The Kier molecular flexibility index (Phi) is 6.63. The smallest absolute Gasteiger partial charge is 0.381 e. The van der Waals surface area contributed by atoms with Gasteiger partial charge in [-0.1, -0.05) is 29.4 Å². The van der Waals surface area contributed by atoms with Gasteiger partial charge in [0.2, 0.25) is 5.89 Å². The zero-order valence-corrected chi connectivity index (χ0v) is 19.2. The first-order valence-corrected chi connectivity index (χ1v) is 11.9. The number of rotatable bonds is 5. The standard InChI is InChI=1S/C26H27F4N3O2/c27-22-7-5-20(6-8-22)25(11-15-34-16-12-25)24-31-23(35-32-24)17-33-13-9-19(10-14-33)18-1-3-21(4-2-18)26(28,29)30/h1-8,19H,9-17H2. The van der Waals surface area contributed by atoms with Crippen LogP contribution >= 0.6 is 0 Å². The lowest BCUT2D eigenvalue weighted by Crippen LogP contribution is -2.36. The maximum absolute atomic E-state index is 13.5. The molecule has 3 aromatic rings. The number of halogens is 4. The molecular formula is C26H27F4N3O2. The molecule has 0 aliphatic carbocycles. The van der Waals surface area contributed by atoms with Crippen molar-refractivity contribution in [1.29, 1.82) is 0 Å². The van der Waals surface area contributed by atoms with Crippen molar-refractivity contribution in [3.05, 3.63) is 82.8 Å². The highest BCUT2D eigenvalue weighted by atomic mass is 19.4. The molecule has 0 amide bonds. The summed E-state index contributed by atoms with van der Waals surface area (Å²) in [6, 6.07) is 12.0. The summed E-state index contributed by atoms with van der Waals surface area (Å²) in [4.78, 5) is 6.96. The molecule has 0 unspecified atom stereocenters. The molecule has 0 bridgehead atoms. The highest BCUT2D eigenvalue weighted by Gasteiger charge is 2.41. The maximum atomic E-state index is 13.5. The first-order valence-electron chi connectivity index (χ1n) is 11.9. The first kappa shape index (κ1) is 23.9. The quantitative estimate of drug-likeness (QED) is 0.430. The molecular weight excluding hydrogens is 462 g/mol. The monoisotopic (exact) mass is 489 g/mol. The van der Waals surface area contributed by atoms with Crippen LogP contribution < -0.4 is 0 Å². The Labute approximate surface area is 201 Å². The van der Waals surface area contributed by atoms with Crippen LogP contribution in [0.5, 0.6) is 0 Å². The van der Waals surface area contributed by atoms with E-state index in [1.54, 1.807) is 24.3 Å². The van der Waals surface area contributed by atoms with E-state index in [-0.39, 0.29) is 11.7 Å². The van der Waals surface area contributed by atoms with Gasteiger partial charge in [-0.2, -0.15) is 18.2 Å². The Morgan fingerprint density at radius 3 is 2.23 bits per heavy atom. The largest absolute Gasteiger partial charge is 0.416 e. The highest BCUT2D eigenvalue weighted by Crippen LogP contribution is 2.40. The zero-order chi connectivity index (χ0) is 24.5. The normalized spacial score (nSPS) is 19.7. The Balaban J connectivity index is 1.23. The third-order valence-electron chi connectivity index (χ3n) is 7.30. The van der Waals surface area contributed by atoms with Crippen LogP contribution in [0.15, 0.2) is 53.1 Å². The molecule has 2 aliphatic rings. The van der Waals surface area contributed by atoms with Crippen LogP contribution in [-0.2, 0) is 22.9 Å². The fourth-order valence-corrected chi connectivity index (χ4v) is 5.20. The topological polar surface area (TPSA) is 51.4 Å². The van der Waals surface area contributed by atoms with E-state index in [1.165, 1.54) is 12.1 Å². The van der Waals surface area contributed by atoms with Crippen molar-refractivity contribution in [2.45, 2.75) is 49.7 Å². The lowest BCUT2D eigenvalue weighted by Gasteiger charge is -2.34. The zero-order valence-electron chi connectivity index (χ0n) is 19.2. The van der Waals surface area contributed by atoms with E-state index < -0.39 is 17.2 Å². The molecule has 2 saturated heterocycles. The third kappa shape index (κ3) is 5.11. The van der Waals surface area contributed by atoms with Gasteiger partial charge in [-0.05, 0) is 80.1 Å². The summed E-state index contributed by atoms with van der Waals surface area (Å²) in [7, 11) is 0. The number of nitrogens with zero attached hydrogens (tertiary/aromatic N) is 3. The van der Waals surface area contributed by atoms with Gasteiger partial charge in [0.1, 0.15) is 5.82 Å². The van der Waals surface area contributed by atoms with Crippen molar-refractivity contribution in [1.82, 2.24) is 15.0 Å². The third-order valence-corrected chi connectivity index (χ3v) is 7.30. The number of piperidine rings is 1. The molecule has 2 aliphatic heterocycles. The van der Waals surface area contributed by atoms with Crippen molar-refractivity contribution in [3.8, 4) is 0 Å². The van der Waals surface area contributed by atoms with Crippen molar-refractivity contribution in [2.75, 3.05) is 26.3 Å². The molecule has 3 heterocycles. The van der Waals surface area contributed by atoms with E-state index in [4.69, 9.17) is 14.2 Å². The predicted octanol–water partition coefficient (Wildman–Crippen LogP) is 5.70. The number of likely N-dealkylation sites (tertiary alicyclic amines) is 1. The van der Waals surface area contributed by atoms with Crippen LogP contribution in [-0.4, -0.2) is 41.3 Å². The lowest BCUT2D eigenvalue weighted by molar-refractivity contribution is -0.137. The van der Waals surface area contributed by atoms with Gasteiger partial charge in [0.25, 0.3) is 0 Å². The Hall–Kier alpha value is -2.78. The summed E-state index contributed by atoms with van der Waals surface area (Å²) in [5.74, 6) is 1.07. The van der Waals surface area contributed by atoms with E-state index in [1.807, 2.05) is 0 Å². The molecule has 2 aromatic carbocycles. The minimum Gasteiger partial charge on any atom is -0.381 e. The molecule has 5 rings (SSSR count). The summed E-state index contributed by atoms with van der Waals surface area (Å²) in [5.41, 5.74) is 0.808. The second-order valence-electron chi connectivity index (χ2n) is 9.38. The first-order chi connectivity index (χ1) is 16.8. The van der Waals surface area contributed by atoms with Crippen LogP contribution in [0.4, 0.5) is 17.6 Å². The molecule has 9 heteroatoms. The highest BCUT2D eigenvalue weighted by molar-refractivity contribution is 5.33. The summed E-state index contributed by atoms with van der Waals surface area (Å²) >= 11 is 0. The minimum absolute atomic E-state index is 0.232. The van der Waals surface area contributed by atoms with E-state index in [9.17, 15) is 17.6 Å². The van der Waals surface area contributed by atoms with Crippen molar-refractivity contribution in [3.63, 3.8) is 0 Å². The van der Waals surface area contributed by atoms with Gasteiger partial charge >= 0.3 is 6.18 Å². The molecule has 0 saturated carbocycles. The van der Waals surface area contributed by atoms with Gasteiger partial charge in [0.05, 0.1) is 17.5 Å². The average Bonchev–Trinajstić information content (AvgIpc) is 3.34. The molecule has 0 N–H and O–H groups in total. The second-order valence-corrected chi connectivity index (χ2v) is 9.38. The summed E-state index contributed by atoms with van der Waals surface area (Å²) in [6.07, 6.45) is -1.23. The molecule has 0 spiro atoms. The van der Waals surface area contributed by atoms with Gasteiger partial charge in [0.15, 0.2) is 5.82 Å². The Morgan fingerprint density at radius 2 is 1.60 bits per heavy atom. The number of alkyl halides is 3. The maximum Gasteiger partial charge on any atom is 0.416 e. The van der Waals surface area contributed by atoms with Gasteiger partial charge in [-0.3, -0.25) is 4.90 Å². The van der Waals surface area contributed by atoms with Gasteiger partial charge in [-0.25, -0.2) is 4.39 Å². The molecule has 2 fully saturated rings. The molecule has 0 atom stereocenters. The van der Waals surface area contributed by atoms with Crippen LogP contribution in [0.25, 0.3) is 0 Å². The van der Waals surface area contributed by atoms with E-state index in [0.29, 0.717) is 44.3 Å². The van der Waals surface area contributed by atoms with Crippen molar-refractivity contribution >= 4 is 0 Å². The van der Waals surface area contributed by atoms with Crippen LogP contribution in [0.2, 0.25) is 0 Å². The number of aromatic nitrogens is 2. The van der Waals surface area contributed by atoms with Crippen LogP contribution in [0.3, 0.4) is 0 Å². The number of ether oxygens (including phenoxy) is 1. The fourth-order valence-electron chi connectivity index (χ4n) is 5.20. The van der Waals surface area contributed by atoms with Gasteiger partial charge in [-0.15, -0.1) is 0 Å². The summed E-state index contributed by atoms with van der Waals surface area (Å²) in [6.45, 7) is 3.24. The molecule has 1 aromatic heterocycles. The lowest BCUT2D eigenvalue weighted by atomic mass is 9.73. The number of benzene rings is 2. The Bertz CT molecular complexity index is 1110. The second kappa shape index (κ2) is 9.70. The summed E-state index contributed by atoms with van der Waals surface area (Å²) in [5, 5.41) is 4.31. The summed E-state index contributed by atoms with van der Waals surface area (Å²) < 4.78 is 63.2. The van der Waals surface area contributed by atoms with Crippen LogP contribution in [0.1, 0.15) is 60.0 Å². The molecule has 35 heavy (non-hydrogen) atoms.